The molecule has 0 aliphatic heterocycles. The summed E-state index contributed by atoms with van der Waals surface area (Å²) >= 11 is 0. The average Bonchev–Trinajstić information content (AvgIpc) is 3.21. The third-order valence-electron chi connectivity index (χ3n) is 9.89. The number of ether oxygens (including phenoxy) is 4. The van der Waals surface area contributed by atoms with Crippen LogP contribution in [0, 0.1) is 0 Å². The molecule has 4 aromatic rings. The van der Waals surface area contributed by atoms with Crippen molar-refractivity contribution in [3.8, 4) is 23.0 Å². The van der Waals surface area contributed by atoms with Gasteiger partial charge in [-0.1, -0.05) is 153 Å². The molecule has 0 radical (unpaired) electrons. The second-order valence-electron chi connectivity index (χ2n) is 14.5. The third kappa shape index (κ3) is 14.9. The van der Waals surface area contributed by atoms with Crippen molar-refractivity contribution in [3.63, 3.8) is 0 Å². The molecule has 0 atom stereocenters. The lowest BCUT2D eigenvalue weighted by Gasteiger charge is -2.19. The maximum atomic E-state index is 6.17. The molecule has 0 saturated heterocycles. The van der Waals surface area contributed by atoms with Crippen LogP contribution in [-0.2, 0) is 0 Å². The van der Waals surface area contributed by atoms with Crippen LogP contribution in [-0.4, -0.2) is 26.4 Å². The van der Waals surface area contributed by atoms with Crippen molar-refractivity contribution in [2.45, 2.75) is 130 Å². The van der Waals surface area contributed by atoms with Crippen LogP contribution in [0.2, 0.25) is 0 Å². The third-order valence-corrected chi connectivity index (χ3v) is 9.89. The minimum absolute atomic E-state index is 0.743. The van der Waals surface area contributed by atoms with Gasteiger partial charge in [0, 0.05) is 0 Å². The minimum atomic E-state index is 0.743. The molecule has 0 heterocycles. The fourth-order valence-corrected chi connectivity index (χ4v) is 6.66. The highest BCUT2D eigenvalue weighted by Crippen LogP contribution is 2.39. The van der Waals surface area contributed by atoms with Crippen LogP contribution in [0.4, 0.5) is 0 Å². The van der Waals surface area contributed by atoms with E-state index in [2.05, 4.69) is 125 Å². The summed E-state index contributed by atoms with van der Waals surface area (Å²) in [5.74, 6) is 3.63. The molecule has 292 valence electrons. The van der Waals surface area contributed by atoms with Gasteiger partial charge in [-0.2, -0.15) is 0 Å². The molecule has 0 aliphatic rings. The van der Waals surface area contributed by atoms with Crippen molar-refractivity contribution in [1.29, 1.82) is 0 Å². The SMILES string of the molecule is CCCCCCOc1ccc(C(=C(c2ccc(OCCCCCC)cc2)c2ccc(OCCCCCC)cc2)c2ccc(OCCCCCC)cc2)cc1. The van der Waals surface area contributed by atoms with E-state index in [-0.39, 0.29) is 0 Å². The van der Waals surface area contributed by atoms with Gasteiger partial charge in [0.25, 0.3) is 0 Å². The zero-order chi connectivity index (χ0) is 38.1. The highest BCUT2D eigenvalue weighted by molar-refractivity contribution is 6.04. The van der Waals surface area contributed by atoms with Gasteiger partial charge in [-0.3, -0.25) is 0 Å². The van der Waals surface area contributed by atoms with Gasteiger partial charge in [-0.15, -0.1) is 0 Å². The lowest BCUT2D eigenvalue weighted by molar-refractivity contribution is 0.305. The van der Waals surface area contributed by atoms with Crippen molar-refractivity contribution < 1.29 is 18.9 Å². The van der Waals surface area contributed by atoms with Gasteiger partial charge in [0.15, 0.2) is 0 Å². The fraction of sp³-hybridized carbons (Fsp3) is 0.480. The molecule has 4 nitrogen and oxygen atoms in total. The Morgan fingerprint density at radius 3 is 0.667 bits per heavy atom. The van der Waals surface area contributed by atoms with E-state index in [4.69, 9.17) is 18.9 Å². The Balaban J connectivity index is 1.72. The van der Waals surface area contributed by atoms with Crippen LogP contribution >= 0.6 is 0 Å². The normalized spacial score (nSPS) is 11.0. The highest BCUT2D eigenvalue weighted by atomic mass is 16.5. The first-order valence-corrected chi connectivity index (χ1v) is 21.3. The summed E-state index contributed by atoms with van der Waals surface area (Å²) in [6.45, 7) is 11.9. The van der Waals surface area contributed by atoms with Crippen molar-refractivity contribution in [1.82, 2.24) is 0 Å². The Hall–Kier alpha value is -4.18. The number of rotatable bonds is 28. The number of hydrogen-bond donors (Lipinski definition) is 0. The second-order valence-corrected chi connectivity index (χ2v) is 14.5. The zero-order valence-electron chi connectivity index (χ0n) is 34.0. The largest absolute Gasteiger partial charge is 0.494 e. The maximum Gasteiger partial charge on any atom is 0.119 e. The first-order chi connectivity index (χ1) is 26.7. The van der Waals surface area contributed by atoms with Crippen molar-refractivity contribution in [3.05, 3.63) is 119 Å². The Morgan fingerprint density at radius 1 is 0.278 bits per heavy atom. The summed E-state index contributed by atoms with van der Waals surface area (Å²) in [5.41, 5.74) is 6.82. The summed E-state index contributed by atoms with van der Waals surface area (Å²) in [6, 6.07) is 34.6. The van der Waals surface area contributed by atoms with Gasteiger partial charge in [0.05, 0.1) is 26.4 Å². The van der Waals surface area contributed by atoms with E-state index in [9.17, 15) is 0 Å². The van der Waals surface area contributed by atoms with Crippen LogP contribution in [0.5, 0.6) is 23.0 Å². The smallest absolute Gasteiger partial charge is 0.119 e. The molecule has 0 unspecified atom stereocenters. The molecule has 4 aromatic carbocycles. The Morgan fingerprint density at radius 2 is 0.481 bits per heavy atom. The van der Waals surface area contributed by atoms with Crippen LogP contribution in [0.1, 0.15) is 153 Å². The molecule has 0 spiro atoms. The van der Waals surface area contributed by atoms with E-state index in [1.54, 1.807) is 0 Å². The summed E-state index contributed by atoms with van der Waals surface area (Å²) in [5, 5.41) is 0. The van der Waals surface area contributed by atoms with Crippen LogP contribution < -0.4 is 18.9 Å². The van der Waals surface area contributed by atoms with E-state index < -0.39 is 0 Å². The van der Waals surface area contributed by atoms with Crippen LogP contribution in [0.15, 0.2) is 97.1 Å². The quantitative estimate of drug-likeness (QED) is 0.0430. The van der Waals surface area contributed by atoms with Gasteiger partial charge < -0.3 is 18.9 Å². The number of benzene rings is 4. The molecule has 0 N–H and O–H groups in total. The Kier molecular flexibility index (Phi) is 20.3. The number of unbranched alkanes of at least 4 members (excludes halogenated alkanes) is 12. The molecule has 0 saturated carbocycles. The molecule has 4 rings (SSSR count). The molecular formula is C50H68O4. The summed E-state index contributed by atoms with van der Waals surface area (Å²) in [7, 11) is 0. The van der Waals surface area contributed by atoms with Crippen molar-refractivity contribution in [2.75, 3.05) is 26.4 Å². The van der Waals surface area contributed by atoms with E-state index in [1.807, 2.05) is 0 Å². The molecule has 0 amide bonds. The molecule has 54 heavy (non-hydrogen) atoms. The lowest BCUT2D eigenvalue weighted by atomic mass is 9.85. The zero-order valence-corrected chi connectivity index (χ0v) is 34.0. The Labute approximate surface area is 328 Å². The topological polar surface area (TPSA) is 36.9 Å². The summed E-state index contributed by atoms with van der Waals surface area (Å²) in [4.78, 5) is 0. The highest BCUT2D eigenvalue weighted by Gasteiger charge is 2.18. The maximum absolute atomic E-state index is 6.17. The van der Waals surface area contributed by atoms with E-state index in [0.29, 0.717) is 0 Å². The molecular weight excluding hydrogens is 665 g/mol. The molecule has 0 fully saturated rings. The van der Waals surface area contributed by atoms with Crippen LogP contribution in [0.3, 0.4) is 0 Å². The average molecular weight is 733 g/mol. The monoisotopic (exact) mass is 733 g/mol. The van der Waals surface area contributed by atoms with Crippen LogP contribution in [0.25, 0.3) is 11.1 Å². The van der Waals surface area contributed by atoms with Gasteiger partial charge in [0.1, 0.15) is 23.0 Å². The predicted molar refractivity (Wildman–Crippen MR) is 229 cm³/mol. The molecule has 0 aliphatic carbocycles. The van der Waals surface area contributed by atoms with E-state index >= 15 is 0 Å². The molecule has 4 heteroatoms. The second kappa shape index (κ2) is 25.8. The minimum Gasteiger partial charge on any atom is -0.494 e. The van der Waals surface area contributed by atoms with Gasteiger partial charge in [0.2, 0.25) is 0 Å². The summed E-state index contributed by atoms with van der Waals surface area (Å²) < 4.78 is 24.7. The first kappa shape index (κ1) is 42.6. The summed E-state index contributed by atoms with van der Waals surface area (Å²) in [6.07, 6.45) is 19.0. The van der Waals surface area contributed by atoms with Gasteiger partial charge in [-0.05, 0) is 108 Å². The van der Waals surface area contributed by atoms with Crippen molar-refractivity contribution >= 4 is 11.1 Å². The Bertz CT molecular complexity index is 1330. The lowest BCUT2D eigenvalue weighted by Crippen LogP contribution is -2.01. The van der Waals surface area contributed by atoms with E-state index in [1.165, 1.54) is 77.0 Å². The molecule has 0 aromatic heterocycles. The predicted octanol–water partition coefficient (Wildman–Crippen LogP) is 14.5. The van der Waals surface area contributed by atoms with Gasteiger partial charge in [-0.25, -0.2) is 0 Å². The van der Waals surface area contributed by atoms with Gasteiger partial charge >= 0.3 is 0 Å². The first-order valence-electron chi connectivity index (χ1n) is 21.3. The fourth-order valence-electron chi connectivity index (χ4n) is 6.66. The standard InChI is InChI=1S/C50H68O4/c1-5-9-13-17-37-51-45-29-21-41(22-30-45)49(42-23-31-46(32-24-42)52-38-18-14-10-6-2)50(43-25-33-47(34-26-43)53-39-19-15-11-7-3)44-27-35-48(36-28-44)54-40-20-16-12-8-4/h21-36H,5-20,37-40H2,1-4H3. The van der Waals surface area contributed by atoms with Crippen molar-refractivity contribution in [2.24, 2.45) is 0 Å². The van der Waals surface area contributed by atoms with E-state index in [0.717, 1.165) is 109 Å². The number of hydrogen-bond acceptors (Lipinski definition) is 4. The molecule has 0 bridgehead atoms.